The van der Waals surface area contributed by atoms with Gasteiger partial charge in [-0.3, -0.25) is 4.98 Å². The van der Waals surface area contributed by atoms with Crippen LogP contribution in [0.1, 0.15) is 19.3 Å². The molecule has 1 aliphatic heterocycles. The van der Waals surface area contributed by atoms with Crippen LogP contribution in [0.3, 0.4) is 0 Å². The number of fused-ring (bicyclic) bond motifs is 1. The summed E-state index contributed by atoms with van der Waals surface area (Å²) in [6.45, 7) is 4.29. The lowest BCUT2D eigenvalue weighted by atomic mass is 10.2. The maximum atomic E-state index is 5.89. The number of aromatic nitrogens is 1. The molecule has 21 heavy (non-hydrogen) atoms. The molecule has 1 aliphatic rings. The predicted molar refractivity (Wildman–Crippen MR) is 82.9 cm³/mol. The van der Waals surface area contributed by atoms with E-state index in [1.165, 1.54) is 25.9 Å². The van der Waals surface area contributed by atoms with Gasteiger partial charge in [0.2, 0.25) is 0 Å². The number of hydrogen-bond donors (Lipinski definition) is 0. The molecule has 1 radical (unpaired) electrons. The number of hydrogen-bond acceptors (Lipinski definition) is 4. The summed E-state index contributed by atoms with van der Waals surface area (Å²) in [5, 5.41) is 0.943. The normalized spacial score (nSPS) is 15.5. The molecular weight excluding hydrogens is 264 g/mol. The van der Waals surface area contributed by atoms with E-state index in [-0.39, 0.29) is 0 Å². The van der Waals surface area contributed by atoms with Gasteiger partial charge in [0.25, 0.3) is 0 Å². The summed E-state index contributed by atoms with van der Waals surface area (Å²) in [7, 11) is 1.66. The van der Waals surface area contributed by atoms with Crippen LogP contribution in [0.4, 0.5) is 0 Å². The Morgan fingerprint density at radius 1 is 1.24 bits per heavy atom. The number of likely N-dealkylation sites (tertiary alicyclic amines) is 1. The molecule has 0 saturated carbocycles. The van der Waals surface area contributed by atoms with E-state index in [4.69, 9.17) is 9.47 Å². The topological polar surface area (TPSA) is 34.6 Å². The highest BCUT2D eigenvalue weighted by molar-refractivity contribution is 5.81. The number of nitrogens with zero attached hydrogens (tertiary/aromatic N) is 2. The minimum absolute atomic E-state index is 0.703. The SMILES string of the molecule is COc1cc2[c]ccnc2cc1OCCCN1CCCC1. The molecule has 0 amide bonds. The molecule has 0 unspecified atom stereocenters. The van der Waals surface area contributed by atoms with Gasteiger partial charge in [-0.25, -0.2) is 0 Å². The molecule has 4 nitrogen and oxygen atoms in total. The van der Waals surface area contributed by atoms with Gasteiger partial charge in [-0.05, 0) is 50.6 Å². The number of ether oxygens (including phenoxy) is 2. The van der Waals surface area contributed by atoms with Crippen molar-refractivity contribution < 1.29 is 9.47 Å². The molecule has 4 heteroatoms. The van der Waals surface area contributed by atoms with Crippen molar-refractivity contribution in [1.29, 1.82) is 0 Å². The quantitative estimate of drug-likeness (QED) is 0.764. The fourth-order valence-electron chi connectivity index (χ4n) is 2.77. The van der Waals surface area contributed by atoms with E-state index in [1.807, 2.05) is 12.1 Å². The van der Waals surface area contributed by atoms with Crippen molar-refractivity contribution in [1.82, 2.24) is 9.88 Å². The fourth-order valence-corrected chi connectivity index (χ4v) is 2.77. The molecule has 1 aromatic carbocycles. The average Bonchev–Trinajstić information content (AvgIpc) is 3.04. The minimum atomic E-state index is 0.703. The molecule has 0 bridgehead atoms. The van der Waals surface area contributed by atoms with Crippen molar-refractivity contribution in [3.8, 4) is 11.5 Å². The molecule has 1 aromatic heterocycles. The summed E-state index contributed by atoms with van der Waals surface area (Å²) in [6.07, 6.45) is 5.45. The fraction of sp³-hybridized carbons (Fsp3) is 0.471. The third kappa shape index (κ3) is 3.45. The van der Waals surface area contributed by atoms with Crippen molar-refractivity contribution in [3.05, 3.63) is 30.5 Å². The van der Waals surface area contributed by atoms with Gasteiger partial charge in [0.05, 0.1) is 19.2 Å². The third-order valence-corrected chi connectivity index (χ3v) is 3.88. The van der Waals surface area contributed by atoms with Crippen LogP contribution < -0.4 is 9.47 Å². The van der Waals surface area contributed by atoms with E-state index in [0.29, 0.717) is 6.61 Å². The third-order valence-electron chi connectivity index (χ3n) is 3.88. The largest absolute Gasteiger partial charge is 0.493 e. The van der Waals surface area contributed by atoms with Gasteiger partial charge in [0.1, 0.15) is 0 Å². The molecule has 111 valence electrons. The Hall–Kier alpha value is -1.81. The van der Waals surface area contributed by atoms with Crippen LogP contribution in [0.15, 0.2) is 24.4 Å². The Kier molecular flexibility index (Phi) is 4.55. The van der Waals surface area contributed by atoms with Gasteiger partial charge in [0.15, 0.2) is 11.5 Å². The molecular formula is C17H21N2O2. The Morgan fingerprint density at radius 2 is 2.10 bits per heavy atom. The van der Waals surface area contributed by atoms with Crippen LogP contribution in [0.2, 0.25) is 0 Å². The Bertz CT molecular complexity index is 594. The first-order chi connectivity index (χ1) is 10.4. The summed E-state index contributed by atoms with van der Waals surface area (Å²) in [4.78, 5) is 6.83. The Morgan fingerprint density at radius 3 is 2.90 bits per heavy atom. The number of methoxy groups -OCH3 is 1. The zero-order valence-corrected chi connectivity index (χ0v) is 12.5. The molecule has 0 N–H and O–H groups in total. The van der Waals surface area contributed by atoms with Crippen LogP contribution in [0, 0.1) is 6.07 Å². The van der Waals surface area contributed by atoms with Crippen LogP contribution in [-0.2, 0) is 0 Å². The molecule has 0 aliphatic carbocycles. The molecule has 0 atom stereocenters. The number of benzene rings is 1. The molecule has 1 saturated heterocycles. The van der Waals surface area contributed by atoms with Crippen molar-refractivity contribution in [2.24, 2.45) is 0 Å². The predicted octanol–water partition coefficient (Wildman–Crippen LogP) is 2.91. The first-order valence-electron chi connectivity index (χ1n) is 7.56. The van der Waals surface area contributed by atoms with E-state index in [2.05, 4.69) is 16.0 Å². The van der Waals surface area contributed by atoms with Crippen LogP contribution in [-0.4, -0.2) is 43.2 Å². The summed E-state index contributed by atoms with van der Waals surface area (Å²) in [5.41, 5.74) is 0.882. The maximum Gasteiger partial charge on any atom is 0.163 e. The second-order valence-corrected chi connectivity index (χ2v) is 5.36. The lowest BCUT2D eigenvalue weighted by molar-refractivity contribution is 0.254. The molecule has 0 spiro atoms. The minimum Gasteiger partial charge on any atom is -0.493 e. The highest BCUT2D eigenvalue weighted by Gasteiger charge is 2.11. The molecule has 3 rings (SSSR count). The van der Waals surface area contributed by atoms with Crippen LogP contribution in [0.5, 0.6) is 11.5 Å². The highest BCUT2D eigenvalue weighted by Crippen LogP contribution is 2.31. The van der Waals surface area contributed by atoms with Crippen molar-refractivity contribution in [2.45, 2.75) is 19.3 Å². The molecule has 1 fully saturated rings. The van der Waals surface area contributed by atoms with E-state index >= 15 is 0 Å². The summed E-state index contributed by atoms with van der Waals surface area (Å²) < 4.78 is 11.3. The Labute approximate surface area is 125 Å². The van der Waals surface area contributed by atoms with E-state index in [1.54, 1.807) is 19.4 Å². The van der Waals surface area contributed by atoms with Crippen LogP contribution in [0.25, 0.3) is 10.9 Å². The van der Waals surface area contributed by atoms with Gasteiger partial charge >= 0.3 is 0 Å². The van der Waals surface area contributed by atoms with E-state index in [9.17, 15) is 0 Å². The van der Waals surface area contributed by atoms with E-state index < -0.39 is 0 Å². The summed E-state index contributed by atoms with van der Waals surface area (Å²) in [6, 6.07) is 8.82. The zero-order valence-electron chi connectivity index (χ0n) is 12.5. The lowest BCUT2D eigenvalue weighted by Gasteiger charge is -2.15. The summed E-state index contributed by atoms with van der Waals surface area (Å²) in [5.74, 6) is 1.51. The van der Waals surface area contributed by atoms with Gasteiger partial charge in [-0.15, -0.1) is 0 Å². The second-order valence-electron chi connectivity index (χ2n) is 5.36. The van der Waals surface area contributed by atoms with Gasteiger partial charge < -0.3 is 14.4 Å². The smallest absolute Gasteiger partial charge is 0.163 e. The van der Waals surface area contributed by atoms with Crippen molar-refractivity contribution >= 4 is 10.9 Å². The Balaban J connectivity index is 1.62. The van der Waals surface area contributed by atoms with E-state index in [0.717, 1.165) is 35.4 Å². The van der Waals surface area contributed by atoms with Crippen molar-refractivity contribution in [2.75, 3.05) is 33.4 Å². The average molecular weight is 285 g/mol. The van der Waals surface area contributed by atoms with Crippen molar-refractivity contribution in [3.63, 3.8) is 0 Å². The second kappa shape index (κ2) is 6.76. The first-order valence-corrected chi connectivity index (χ1v) is 7.56. The lowest BCUT2D eigenvalue weighted by Crippen LogP contribution is -2.21. The standard InChI is InChI=1S/C17H21N2O2/c1-20-16-12-14-6-4-7-18-15(14)13-17(16)21-11-5-10-19-8-2-3-9-19/h4,7,12-13H,2-3,5,8-11H2,1H3. The van der Waals surface area contributed by atoms with Gasteiger partial charge in [-0.1, -0.05) is 0 Å². The van der Waals surface area contributed by atoms with Gasteiger partial charge in [0, 0.05) is 24.2 Å². The van der Waals surface area contributed by atoms with Crippen LogP contribution >= 0.6 is 0 Å². The first kappa shape index (κ1) is 14.1. The van der Waals surface area contributed by atoms with Gasteiger partial charge in [-0.2, -0.15) is 0 Å². The monoisotopic (exact) mass is 285 g/mol. The molecule has 2 heterocycles. The number of rotatable bonds is 6. The maximum absolute atomic E-state index is 5.89. The summed E-state index contributed by atoms with van der Waals surface area (Å²) >= 11 is 0. The molecule has 2 aromatic rings. The number of pyridine rings is 1. The highest BCUT2D eigenvalue weighted by atomic mass is 16.5. The zero-order chi connectivity index (χ0) is 14.5.